The second-order valence-electron chi connectivity index (χ2n) is 4.54. The fraction of sp³-hybridized carbons (Fsp3) is 0.267. The summed E-state index contributed by atoms with van der Waals surface area (Å²) >= 11 is 3.36. The van der Waals surface area contributed by atoms with Crippen molar-refractivity contribution in [3.05, 3.63) is 63.6 Å². The Morgan fingerprint density at radius 1 is 1.32 bits per heavy atom. The van der Waals surface area contributed by atoms with E-state index in [0.29, 0.717) is 12.0 Å². The third kappa shape index (κ3) is 3.61. The molecule has 0 amide bonds. The smallest absolute Gasteiger partial charge is 0.128 e. The van der Waals surface area contributed by atoms with E-state index in [0.717, 1.165) is 15.7 Å². The fourth-order valence-electron chi connectivity index (χ4n) is 2.02. The number of halogens is 2. The number of rotatable bonds is 4. The number of aryl methyl sites for hydroxylation is 1. The number of pyridine rings is 1. The minimum absolute atomic E-state index is 0.0747. The summed E-state index contributed by atoms with van der Waals surface area (Å²) in [4.78, 5) is 4.33. The lowest BCUT2D eigenvalue weighted by atomic mass is 10.00. The molecule has 1 aromatic carbocycles. The van der Waals surface area contributed by atoms with Gasteiger partial charge in [0, 0.05) is 34.4 Å². The molecule has 1 heterocycles. The van der Waals surface area contributed by atoms with Crippen molar-refractivity contribution >= 4 is 15.9 Å². The van der Waals surface area contributed by atoms with Crippen LogP contribution in [0.3, 0.4) is 0 Å². The summed E-state index contributed by atoms with van der Waals surface area (Å²) in [7, 11) is 1.84. The summed E-state index contributed by atoms with van der Waals surface area (Å²) in [5, 5.41) is 3.15. The third-order valence-corrected chi connectivity index (χ3v) is 3.55. The number of aromatic nitrogens is 1. The van der Waals surface area contributed by atoms with E-state index in [9.17, 15) is 4.39 Å². The molecule has 0 saturated carbocycles. The van der Waals surface area contributed by atoms with Crippen LogP contribution in [0.5, 0.6) is 0 Å². The summed E-state index contributed by atoms with van der Waals surface area (Å²) in [6.45, 7) is 1.89. The van der Waals surface area contributed by atoms with Gasteiger partial charge in [-0.2, -0.15) is 0 Å². The zero-order chi connectivity index (χ0) is 13.8. The average Bonchev–Trinajstić information content (AvgIpc) is 2.39. The highest BCUT2D eigenvalue weighted by Gasteiger charge is 2.15. The van der Waals surface area contributed by atoms with Gasteiger partial charge in [0.25, 0.3) is 0 Å². The Balaban J connectivity index is 2.22. The molecule has 2 aromatic rings. The highest BCUT2D eigenvalue weighted by molar-refractivity contribution is 9.10. The molecular weight excluding hydrogens is 307 g/mol. The number of likely N-dealkylation sites (N-methyl/N-ethyl adjacent to an activating group) is 1. The van der Waals surface area contributed by atoms with E-state index in [4.69, 9.17) is 0 Å². The highest BCUT2D eigenvalue weighted by Crippen LogP contribution is 2.21. The Hall–Kier alpha value is -1.26. The number of nitrogens with one attached hydrogen (secondary N) is 1. The first-order valence-corrected chi connectivity index (χ1v) is 6.93. The van der Waals surface area contributed by atoms with Crippen LogP contribution in [0.2, 0.25) is 0 Å². The number of hydrogen-bond donors (Lipinski definition) is 1. The maximum absolute atomic E-state index is 14.0. The van der Waals surface area contributed by atoms with Gasteiger partial charge in [0.05, 0.1) is 0 Å². The number of benzene rings is 1. The second kappa shape index (κ2) is 6.26. The predicted molar refractivity (Wildman–Crippen MR) is 78.6 cm³/mol. The lowest BCUT2D eigenvalue weighted by Crippen LogP contribution is -2.20. The van der Waals surface area contributed by atoms with Crippen LogP contribution in [0.4, 0.5) is 4.39 Å². The fourth-order valence-corrected chi connectivity index (χ4v) is 2.25. The van der Waals surface area contributed by atoms with Crippen LogP contribution < -0.4 is 5.32 Å². The molecule has 0 spiro atoms. The molecule has 1 N–H and O–H groups in total. The molecule has 0 aliphatic rings. The van der Waals surface area contributed by atoms with Crippen molar-refractivity contribution in [3.8, 4) is 0 Å². The van der Waals surface area contributed by atoms with Crippen LogP contribution >= 0.6 is 15.9 Å². The van der Waals surface area contributed by atoms with Crippen LogP contribution in [-0.2, 0) is 6.42 Å². The van der Waals surface area contributed by atoms with Crippen molar-refractivity contribution in [1.82, 2.24) is 10.3 Å². The zero-order valence-electron chi connectivity index (χ0n) is 11.0. The molecule has 0 radical (unpaired) electrons. The summed E-state index contributed by atoms with van der Waals surface area (Å²) in [5.74, 6) is -0.170. The van der Waals surface area contributed by atoms with Crippen LogP contribution in [0.15, 0.2) is 41.0 Å². The minimum Gasteiger partial charge on any atom is -0.313 e. The topological polar surface area (TPSA) is 24.9 Å². The van der Waals surface area contributed by atoms with Gasteiger partial charge in [0.1, 0.15) is 5.82 Å². The first-order chi connectivity index (χ1) is 9.10. The van der Waals surface area contributed by atoms with E-state index in [2.05, 4.69) is 26.2 Å². The summed E-state index contributed by atoms with van der Waals surface area (Å²) in [6, 6.07) is 9.15. The molecule has 2 nitrogen and oxygen atoms in total. The lowest BCUT2D eigenvalue weighted by molar-refractivity contribution is 0.529. The Bertz CT molecular complexity index is 555. The molecule has 0 aliphatic heterocycles. The van der Waals surface area contributed by atoms with Crippen LogP contribution in [0, 0.1) is 12.7 Å². The van der Waals surface area contributed by atoms with Crippen molar-refractivity contribution < 1.29 is 4.39 Å². The monoisotopic (exact) mass is 322 g/mol. The van der Waals surface area contributed by atoms with E-state index >= 15 is 0 Å². The van der Waals surface area contributed by atoms with E-state index in [-0.39, 0.29) is 11.9 Å². The second-order valence-corrected chi connectivity index (χ2v) is 5.45. The molecular formula is C15H16BrFN2. The molecule has 4 heteroatoms. The lowest BCUT2D eigenvalue weighted by Gasteiger charge is -2.17. The number of nitrogens with zero attached hydrogens (tertiary/aromatic N) is 1. The molecule has 1 unspecified atom stereocenters. The molecule has 1 atom stereocenters. The summed E-state index contributed by atoms with van der Waals surface area (Å²) < 4.78 is 14.9. The van der Waals surface area contributed by atoms with E-state index in [1.807, 2.05) is 38.2 Å². The van der Waals surface area contributed by atoms with Crippen molar-refractivity contribution in [2.75, 3.05) is 7.05 Å². The minimum atomic E-state index is -0.170. The first-order valence-electron chi connectivity index (χ1n) is 6.14. The van der Waals surface area contributed by atoms with Gasteiger partial charge in [-0.05, 0) is 53.7 Å². The SMILES string of the molecule is CNC(Cc1ccc(Br)cn1)c1ccc(C)cc1F. The van der Waals surface area contributed by atoms with E-state index < -0.39 is 0 Å². The molecule has 0 saturated heterocycles. The Morgan fingerprint density at radius 2 is 2.11 bits per heavy atom. The molecule has 1 aromatic heterocycles. The normalized spacial score (nSPS) is 12.4. The van der Waals surface area contributed by atoms with Crippen molar-refractivity contribution in [1.29, 1.82) is 0 Å². The van der Waals surface area contributed by atoms with Gasteiger partial charge in [-0.1, -0.05) is 12.1 Å². The highest BCUT2D eigenvalue weighted by atomic mass is 79.9. The largest absolute Gasteiger partial charge is 0.313 e. The standard InChI is InChI=1S/C15H16BrFN2/c1-10-3-6-13(14(17)7-10)15(18-2)8-12-5-4-11(16)9-19-12/h3-7,9,15,18H,8H2,1-2H3. The molecule has 19 heavy (non-hydrogen) atoms. The zero-order valence-corrected chi connectivity index (χ0v) is 12.5. The first kappa shape index (κ1) is 14.2. The van der Waals surface area contributed by atoms with Crippen LogP contribution in [0.25, 0.3) is 0 Å². The van der Waals surface area contributed by atoms with Gasteiger partial charge < -0.3 is 5.32 Å². The van der Waals surface area contributed by atoms with Crippen molar-refractivity contribution in [2.24, 2.45) is 0 Å². The molecule has 100 valence electrons. The molecule has 0 aliphatic carbocycles. The Labute approximate surface area is 121 Å². The van der Waals surface area contributed by atoms with E-state index in [1.165, 1.54) is 0 Å². The quantitative estimate of drug-likeness (QED) is 0.926. The predicted octanol–water partition coefficient (Wildman–Crippen LogP) is 3.79. The van der Waals surface area contributed by atoms with Crippen molar-refractivity contribution in [2.45, 2.75) is 19.4 Å². The van der Waals surface area contributed by atoms with E-state index in [1.54, 1.807) is 12.3 Å². The van der Waals surface area contributed by atoms with Crippen LogP contribution in [-0.4, -0.2) is 12.0 Å². The molecule has 0 bridgehead atoms. The average molecular weight is 323 g/mol. The summed E-state index contributed by atoms with van der Waals surface area (Å²) in [5.41, 5.74) is 2.54. The maximum Gasteiger partial charge on any atom is 0.128 e. The van der Waals surface area contributed by atoms with Gasteiger partial charge in [-0.25, -0.2) is 4.39 Å². The van der Waals surface area contributed by atoms with Gasteiger partial charge in [-0.15, -0.1) is 0 Å². The number of hydrogen-bond acceptors (Lipinski definition) is 2. The summed E-state index contributed by atoms with van der Waals surface area (Å²) in [6.07, 6.45) is 2.41. The van der Waals surface area contributed by atoms with Crippen molar-refractivity contribution in [3.63, 3.8) is 0 Å². The maximum atomic E-state index is 14.0. The van der Waals surface area contributed by atoms with Gasteiger partial charge in [-0.3, -0.25) is 4.98 Å². The Kier molecular flexibility index (Phi) is 4.66. The van der Waals surface area contributed by atoms with Crippen LogP contribution in [0.1, 0.15) is 22.9 Å². The van der Waals surface area contributed by atoms with Gasteiger partial charge in [0.2, 0.25) is 0 Å². The van der Waals surface area contributed by atoms with Gasteiger partial charge >= 0.3 is 0 Å². The third-order valence-electron chi connectivity index (χ3n) is 3.08. The Morgan fingerprint density at radius 3 is 2.68 bits per heavy atom. The molecule has 0 fully saturated rings. The molecule has 2 rings (SSSR count). The van der Waals surface area contributed by atoms with Gasteiger partial charge in [0.15, 0.2) is 0 Å².